The molecule has 2 N–H and O–H groups in total. The minimum atomic E-state index is 0.234. The van der Waals surface area contributed by atoms with Crippen LogP contribution in [0.15, 0.2) is 0 Å². The molecule has 0 spiro atoms. The van der Waals surface area contributed by atoms with E-state index in [1.54, 1.807) is 0 Å². The van der Waals surface area contributed by atoms with Crippen LogP contribution in [-0.4, -0.2) is 35.8 Å². The molecule has 0 saturated carbocycles. The highest BCUT2D eigenvalue weighted by atomic mass is 32.2. The fourth-order valence-electron chi connectivity index (χ4n) is 1.59. The van der Waals surface area contributed by atoms with Gasteiger partial charge in [0.05, 0.1) is 0 Å². The van der Waals surface area contributed by atoms with Crippen molar-refractivity contribution in [2.24, 2.45) is 0 Å². The van der Waals surface area contributed by atoms with Crippen LogP contribution in [0.3, 0.4) is 0 Å². The molecule has 0 radical (unpaired) electrons. The van der Waals surface area contributed by atoms with Crippen LogP contribution in [-0.2, 0) is 0 Å². The molecule has 1 unspecified atom stereocenters. The number of thioether (sulfide) groups is 1. The van der Waals surface area contributed by atoms with E-state index in [1.165, 1.54) is 18.6 Å². The smallest absolute Gasteiger partial charge is 0.0448 e. The number of hydrogen-bond donors (Lipinski definition) is 2. The zero-order valence-corrected chi connectivity index (χ0v) is 7.91. The molecule has 1 rings (SSSR count). The van der Waals surface area contributed by atoms with E-state index in [9.17, 15) is 0 Å². The van der Waals surface area contributed by atoms with E-state index in [-0.39, 0.29) is 5.54 Å². The molecule has 1 saturated heterocycles. The van der Waals surface area contributed by atoms with Gasteiger partial charge in [-0.05, 0) is 32.1 Å². The highest BCUT2D eigenvalue weighted by Gasteiger charge is 2.29. The molecular formula is C8H17NOS. The summed E-state index contributed by atoms with van der Waals surface area (Å²) < 4.78 is 0. The summed E-state index contributed by atoms with van der Waals surface area (Å²) in [6.07, 6.45) is 3.40. The highest BCUT2D eigenvalue weighted by Crippen LogP contribution is 2.28. The van der Waals surface area contributed by atoms with Crippen LogP contribution in [0.4, 0.5) is 0 Å². The predicted molar refractivity (Wildman–Crippen MR) is 50.1 cm³/mol. The van der Waals surface area contributed by atoms with E-state index in [0.717, 1.165) is 12.2 Å². The summed E-state index contributed by atoms with van der Waals surface area (Å²) in [4.78, 5) is 0. The van der Waals surface area contributed by atoms with Crippen molar-refractivity contribution in [3.8, 4) is 0 Å². The average molecular weight is 175 g/mol. The zero-order valence-electron chi connectivity index (χ0n) is 7.10. The topological polar surface area (TPSA) is 32.3 Å². The lowest BCUT2D eigenvalue weighted by Gasteiger charge is -2.36. The van der Waals surface area contributed by atoms with E-state index in [4.69, 9.17) is 5.11 Å². The van der Waals surface area contributed by atoms with E-state index in [2.05, 4.69) is 5.32 Å². The molecule has 1 aliphatic heterocycles. The molecule has 1 heterocycles. The van der Waals surface area contributed by atoms with Crippen molar-refractivity contribution in [1.82, 2.24) is 5.32 Å². The average Bonchev–Trinajstić information content (AvgIpc) is 2.07. The molecule has 0 aromatic heterocycles. The van der Waals surface area contributed by atoms with Gasteiger partial charge in [0, 0.05) is 17.9 Å². The van der Waals surface area contributed by atoms with Crippen molar-refractivity contribution >= 4 is 11.8 Å². The van der Waals surface area contributed by atoms with Gasteiger partial charge in [0.25, 0.3) is 0 Å². The van der Waals surface area contributed by atoms with E-state index in [0.29, 0.717) is 6.61 Å². The van der Waals surface area contributed by atoms with Crippen LogP contribution in [0.25, 0.3) is 0 Å². The Hall–Kier alpha value is 0.270. The summed E-state index contributed by atoms with van der Waals surface area (Å²) in [6, 6.07) is 0. The Labute approximate surface area is 72.8 Å². The maximum Gasteiger partial charge on any atom is 0.0448 e. The Kier molecular flexibility index (Phi) is 3.69. The minimum absolute atomic E-state index is 0.234. The Bertz CT molecular complexity index is 107. The standard InChI is InChI=1S/C8H17NOS/c1-9-8(4-5-10)3-2-6-11-7-8/h9-10H,2-7H2,1H3. The van der Waals surface area contributed by atoms with Gasteiger partial charge in [0.15, 0.2) is 0 Å². The fraction of sp³-hybridized carbons (Fsp3) is 1.00. The van der Waals surface area contributed by atoms with Gasteiger partial charge in [-0.1, -0.05) is 0 Å². The van der Waals surface area contributed by atoms with Crippen molar-refractivity contribution in [2.45, 2.75) is 24.8 Å². The van der Waals surface area contributed by atoms with Gasteiger partial charge in [0.2, 0.25) is 0 Å². The summed E-state index contributed by atoms with van der Waals surface area (Å²) in [5.74, 6) is 2.44. The van der Waals surface area contributed by atoms with Gasteiger partial charge in [-0.15, -0.1) is 0 Å². The van der Waals surface area contributed by atoms with Crippen molar-refractivity contribution < 1.29 is 5.11 Å². The molecule has 0 amide bonds. The lowest BCUT2D eigenvalue weighted by Crippen LogP contribution is -2.48. The van der Waals surface area contributed by atoms with Crippen molar-refractivity contribution in [1.29, 1.82) is 0 Å². The fourth-order valence-corrected chi connectivity index (χ4v) is 2.90. The summed E-state index contributed by atoms with van der Waals surface area (Å²) in [5.41, 5.74) is 0.234. The first-order chi connectivity index (χ1) is 5.33. The predicted octanol–water partition coefficient (Wildman–Crippen LogP) is 0.854. The van der Waals surface area contributed by atoms with Crippen LogP contribution >= 0.6 is 11.8 Å². The molecule has 0 aromatic rings. The first-order valence-corrected chi connectivity index (χ1v) is 5.36. The third-order valence-electron chi connectivity index (χ3n) is 2.44. The number of rotatable bonds is 3. The molecule has 0 aliphatic carbocycles. The molecular weight excluding hydrogens is 158 g/mol. The highest BCUT2D eigenvalue weighted by molar-refractivity contribution is 7.99. The first kappa shape index (κ1) is 9.36. The second kappa shape index (κ2) is 4.33. The molecule has 2 nitrogen and oxygen atoms in total. The van der Waals surface area contributed by atoms with Gasteiger partial charge in [0.1, 0.15) is 0 Å². The molecule has 1 atom stereocenters. The maximum atomic E-state index is 8.87. The zero-order chi connectivity index (χ0) is 8.16. The molecule has 3 heteroatoms. The van der Waals surface area contributed by atoms with E-state index < -0.39 is 0 Å². The van der Waals surface area contributed by atoms with E-state index in [1.807, 2.05) is 18.8 Å². The first-order valence-electron chi connectivity index (χ1n) is 4.20. The lowest BCUT2D eigenvalue weighted by molar-refractivity contribution is 0.219. The normalized spacial score (nSPS) is 32.2. The summed E-state index contributed by atoms with van der Waals surface area (Å²) >= 11 is 1.99. The Morgan fingerprint density at radius 2 is 2.45 bits per heavy atom. The largest absolute Gasteiger partial charge is 0.396 e. The number of aliphatic hydroxyl groups is 1. The Morgan fingerprint density at radius 3 is 2.91 bits per heavy atom. The van der Waals surface area contributed by atoms with Crippen LogP contribution in [0, 0.1) is 0 Å². The summed E-state index contributed by atoms with van der Waals surface area (Å²) in [7, 11) is 2.00. The molecule has 66 valence electrons. The molecule has 0 aromatic carbocycles. The van der Waals surface area contributed by atoms with Gasteiger partial charge in [-0.25, -0.2) is 0 Å². The lowest BCUT2D eigenvalue weighted by atomic mass is 9.92. The number of nitrogens with one attached hydrogen (secondary N) is 1. The van der Waals surface area contributed by atoms with Crippen LogP contribution in [0.2, 0.25) is 0 Å². The Morgan fingerprint density at radius 1 is 1.64 bits per heavy atom. The maximum absolute atomic E-state index is 8.87. The summed E-state index contributed by atoms with van der Waals surface area (Å²) in [5, 5.41) is 12.2. The monoisotopic (exact) mass is 175 g/mol. The Balaban J connectivity index is 2.42. The molecule has 1 aliphatic rings. The van der Waals surface area contributed by atoms with Crippen LogP contribution in [0.5, 0.6) is 0 Å². The molecule has 0 bridgehead atoms. The van der Waals surface area contributed by atoms with Gasteiger partial charge in [-0.3, -0.25) is 0 Å². The van der Waals surface area contributed by atoms with Gasteiger partial charge in [-0.2, -0.15) is 11.8 Å². The second-order valence-electron chi connectivity index (χ2n) is 3.16. The minimum Gasteiger partial charge on any atom is -0.396 e. The summed E-state index contributed by atoms with van der Waals surface area (Å²) in [6.45, 7) is 0.307. The van der Waals surface area contributed by atoms with E-state index >= 15 is 0 Å². The third-order valence-corrected chi connectivity index (χ3v) is 3.78. The van der Waals surface area contributed by atoms with Gasteiger partial charge >= 0.3 is 0 Å². The van der Waals surface area contributed by atoms with Crippen LogP contribution < -0.4 is 5.32 Å². The SMILES string of the molecule is CNC1(CCO)CCCSC1. The van der Waals surface area contributed by atoms with Gasteiger partial charge < -0.3 is 10.4 Å². The molecule has 1 fully saturated rings. The number of hydrogen-bond acceptors (Lipinski definition) is 3. The number of aliphatic hydroxyl groups excluding tert-OH is 1. The second-order valence-corrected chi connectivity index (χ2v) is 4.27. The third kappa shape index (κ3) is 2.36. The van der Waals surface area contributed by atoms with Crippen molar-refractivity contribution in [3.63, 3.8) is 0 Å². The quantitative estimate of drug-likeness (QED) is 0.667. The van der Waals surface area contributed by atoms with Crippen molar-refractivity contribution in [3.05, 3.63) is 0 Å². The van der Waals surface area contributed by atoms with Crippen molar-refractivity contribution in [2.75, 3.05) is 25.2 Å². The van der Waals surface area contributed by atoms with Crippen LogP contribution in [0.1, 0.15) is 19.3 Å². The molecule has 11 heavy (non-hydrogen) atoms.